The molecule has 1 aromatic rings. The van der Waals surface area contributed by atoms with Gasteiger partial charge in [0.2, 0.25) is 11.8 Å². The quantitative estimate of drug-likeness (QED) is 0.634. The average molecular weight is 318 g/mol. The Bertz CT molecular complexity index is 568. The highest BCUT2D eigenvalue weighted by atomic mass is 32.2. The highest BCUT2D eigenvalue weighted by Gasteiger charge is 2.22. The number of hydrogen-bond acceptors (Lipinski definition) is 4. The molecular weight excluding hydrogens is 306 g/mol. The molecule has 1 aromatic carbocycles. The summed E-state index contributed by atoms with van der Waals surface area (Å²) in [4.78, 5) is 33.1. The largest absolute Gasteiger partial charge is 0.480 e. The SMILES string of the molecule is NC(=O)C[C@@H](NC(=O)CSc1ccc(F)cc1F)C(=O)O. The van der Waals surface area contributed by atoms with Crippen LogP contribution in [0.1, 0.15) is 6.42 Å². The summed E-state index contributed by atoms with van der Waals surface area (Å²) < 4.78 is 26.0. The van der Waals surface area contributed by atoms with Crippen molar-refractivity contribution in [1.82, 2.24) is 5.32 Å². The number of nitrogens with one attached hydrogen (secondary N) is 1. The zero-order valence-electron chi connectivity index (χ0n) is 10.6. The van der Waals surface area contributed by atoms with Crippen LogP contribution in [0.3, 0.4) is 0 Å². The molecule has 0 aliphatic carbocycles. The van der Waals surface area contributed by atoms with Gasteiger partial charge in [-0.05, 0) is 12.1 Å². The Morgan fingerprint density at radius 2 is 2.00 bits per heavy atom. The number of rotatable bonds is 7. The molecule has 1 rings (SSSR count). The third-order valence-electron chi connectivity index (χ3n) is 2.29. The molecule has 0 radical (unpaired) electrons. The maximum Gasteiger partial charge on any atom is 0.326 e. The molecule has 0 aromatic heterocycles. The van der Waals surface area contributed by atoms with Gasteiger partial charge in [0.1, 0.15) is 17.7 Å². The lowest BCUT2D eigenvalue weighted by Gasteiger charge is -2.12. The first-order valence-corrected chi connectivity index (χ1v) is 6.66. The van der Waals surface area contributed by atoms with E-state index < -0.39 is 41.9 Å². The Hall–Kier alpha value is -2.16. The summed E-state index contributed by atoms with van der Waals surface area (Å²) in [6, 6.07) is 1.44. The molecular formula is C12H12F2N2O4S. The van der Waals surface area contributed by atoms with E-state index >= 15 is 0 Å². The molecule has 4 N–H and O–H groups in total. The van der Waals surface area contributed by atoms with E-state index in [4.69, 9.17) is 10.8 Å². The van der Waals surface area contributed by atoms with E-state index in [0.717, 1.165) is 17.8 Å². The van der Waals surface area contributed by atoms with Crippen LogP contribution < -0.4 is 11.1 Å². The van der Waals surface area contributed by atoms with Gasteiger partial charge in [-0.25, -0.2) is 13.6 Å². The van der Waals surface area contributed by atoms with E-state index in [2.05, 4.69) is 5.32 Å². The lowest BCUT2D eigenvalue weighted by Crippen LogP contribution is -2.44. The van der Waals surface area contributed by atoms with E-state index in [1.165, 1.54) is 6.07 Å². The minimum atomic E-state index is -1.44. The Labute approximate surface area is 122 Å². The van der Waals surface area contributed by atoms with Crippen LogP contribution in [-0.4, -0.2) is 34.7 Å². The Morgan fingerprint density at radius 1 is 1.33 bits per heavy atom. The number of primary amides is 1. The maximum atomic E-state index is 13.3. The second-order valence-corrected chi connectivity index (χ2v) is 5.01. The number of amides is 2. The van der Waals surface area contributed by atoms with E-state index in [1.807, 2.05) is 0 Å². The minimum absolute atomic E-state index is 0.0494. The molecule has 0 bridgehead atoms. The summed E-state index contributed by atoms with van der Waals surface area (Å²) in [6.07, 6.45) is -0.545. The van der Waals surface area contributed by atoms with Crippen molar-refractivity contribution in [3.8, 4) is 0 Å². The summed E-state index contributed by atoms with van der Waals surface area (Å²) >= 11 is 0.774. The van der Waals surface area contributed by atoms with Gasteiger partial charge in [0.15, 0.2) is 0 Å². The summed E-state index contributed by atoms with van der Waals surface area (Å²) in [5.41, 5.74) is 4.86. The predicted octanol–water partition coefficient (Wildman–Crippen LogP) is 0.502. The fourth-order valence-corrected chi connectivity index (χ4v) is 2.10. The van der Waals surface area contributed by atoms with Crippen LogP contribution in [0.25, 0.3) is 0 Å². The lowest BCUT2D eigenvalue weighted by atomic mass is 10.2. The van der Waals surface area contributed by atoms with Gasteiger partial charge in [-0.2, -0.15) is 0 Å². The summed E-state index contributed by atoms with van der Waals surface area (Å²) in [5, 5.41) is 10.9. The Balaban J connectivity index is 2.56. The van der Waals surface area contributed by atoms with Gasteiger partial charge >= 0.3 is 5.97 Å². The van der Waals surface area contributed by atoms with Gasteiger partial charge in [0, 0.05) is 11.0 Å². The third kappa shape index (κ3) is 5.78. The van der Waals surface area contributed by atoms with Gasteiger partial charge in [0.05, 0.1) is 12.2 Å². The van der Waals surface area contributed by atoms with Crippen molar-refractivity contribution >= 4 is 29.5 Å². The summed E-state index contributed by atoms with van der Waals surface area (Å²) in [6.45, 7) is 0. The molecule has 2 amide bonds. The second kappa shape index (κ2) is 7.58. The molecule has 0 aliphatic heterocycles. The number of carboxylic acids is 1. The standard InChI is InChI=1S/C12H12F2N2O4S/c13-6-1-2-9(7(14)3-6)21-5-11(18)16-8(12(19)20)4-10(15)17/h1-3,8H,4-5H2,(H2,15,17)(H,16,18)(H,19,20)/t8-/m1/s1. The third-order valence-corrected chi connectivity index (χ3v) is 3.34. The van der Waals surface area contributed by atoms with Crippen molar-refractivity contribution < 1.29 is 28.3 Å². The monoisotopic (exact) mass is 318 g/mol. The van der Waals surface area contributed by atoms with Crippen molar-refractivity contribution in [2.45, 2.75) is 17.4 Å². The first-order valence-electron chi connectivity index (χ1n) is 5.68. The van der Waals surface area contributed by atoms with E-state index in [0.29, 0.717) is 6.07 Å². The van der Waals surface area contributed by atoms with Crippen LogP contribution in [0.2, 0.25) is 0 Å². The van der Waals surface area contributed by atoms with Gasteiger partial charge in [-0.15, -0.1) is 11.8 Å². The molecule has 0 saturated carbocycles. The molecule has 0 unspecified atom stereocenters. The van der Waals surface area contributed by atoms with Gasteiger partial charge in [0.25, 0.3) is 0 Å². The molecule has 0 fully saturated rings. The topological polar surface area (TPSA) is 109 Å². The molecule has 0 saturated heterocycles. The molecule has 114 valence electrons. The fraction of sp³-hybridized carbons (Fsp3) is 0.250. The van der Waals surface area contributed by atoms with E-state index in [1.54, 1.807) is 0 Å². The number of benzene rings is 1. The number of carbonyl (C=O) groups excluding carboxylic acids is 2. The Morgan fingerprint density at radius 3 is 2.52 bits per heavy atom. The van der Waals surface area contributed by atoms with Crippen LogP contribution in [0.5, 0.6) is 0 Å². The van der Waals surface area contributed by atoms with Crippen molar-refractivity contribution in [3.63, 3.8) is 0 Å². The highest BCUT2D eigenvalue weighted by molar-refractivity contribution is 8.00. The van der Waals surface area contributed by atoms with Gasteiger partial charge < -0.3 is 16.2 Å². The van der Waals surface area contributed by atoms with Crippen LogP contribution in [0, 0.1) is 11.6 Å². The zero-order valence-corrected chi connectivity index (χ0v) is 11.5. The van der Waals surface area contributed by atoms with Crippen molar-refractivity contribution in [3.05, 3.63) is 29.8 Å². The zero-order chi connectivity index (χ0) is 16.0. The number of hydrogen-bond donors (Lipinski definition) is 3. The number of thioether (sulfide) groups is 1. The summed E-state index contributed by atoms with van der Waals surface area (Å²) in [5.74, 6) is -4.84. The molecule has 1 atom stereocenters. The number of carbonyl (C=O) groups is 3. The molecule has 0 heterocycles. The second-order valence-electron chi connectivity index (χ2n) is 3.99. The average Bonchev–Trinajstić information content (AvgIpc) is 2.36. The number of nitrogens with two attached hydrogens (primary N) is 1. The molecule has 9 heteroatoms. The van der Waals surface area contributed by atoms with Crippen molar-refractivity contribution in [2.24, 2.45) is 5.73 Å². The van der Waals surface area contributed by atoms with E-state index in [-0.39, 0.29) is 10.6 Å². The highest BCUT2D eigenvalue weighted by Crippen LogP contribution is 2.22. The number of halogens is 2. The van der Waals surface area contributed by atoms with Crippen LogP contribution in [-0.2, 0) is 14.4 Å². The fourth-order valence-electron chi connectivity index (χ4n) is 1.37. The minimum Gasteiger partial charge on any atom is -0.480 e. The molecule has 21 heavy (non-hydrogen) atoms. The van der Waals surface area contributed by atoms with Gasteiger partial charge in [-0.3, -0.25) is 9.59 Å². The number of carboxylic acid groups (broad SMARTS) is 1. The summed E-state index contributed by atoms with van der Waals surface area (Å²) in [7, 11) is 0. The Kier molecular flexibility index (Phi) is 6.10. The van der Waals surface area contributed by atoms with Gasteiger partial charge in [-0.1, -0.05) is 0 Å². The van der Waals surface area contributed by atoms with Crippen LogP contribution >= 0.6 is 11.8 Å². The molecule has 0 aliphatic rings. The first kappa shape index (κ1) is 16.9. The van der Waals surface area contributed by atoms with Crippen LogP contribution in [0.15, 0.2) is 23.1 Å². The maximum absolute atomic E-state index is 13.3. The van der Waals surface area contributed by atoms with E-state index in [9.17, 15) is 23.2 Å². The smallest absolute Gasteiger partial charge is 0.326 e. The van der Waals surface area contributed by atoms with Crippen LogP contribution in [0.4, 0.5) is 8.78 Å². The predicted molar refractivity (Wildman–Crippen MR) is 70.5 cm³/mol. The van der Waals surface area contributed by atoms with Crippen molar-refractivity contribution in [2.75, 3.05) is 5.75 Å². The number of aliphatic carboxylic acids is 1. The lowest BCUT2D eigenvalue weighted by molar-refractivity contribution is -0.143. The van der Waals surface area contributed by atoms with Crippen molar-refractivity contribution in [1.29, 1.82) is 0 Å². The molecule has 0 spiro atoms. The first-order chi connectivity index (χ1) is 9.79. The molecule has 6 nitrogen and oxygen atoms in total. The normalized spacial score (nSPS) is 11.7.